The predicted octanol–water partition coefficient (Wildman–Crippen LogP) is 5.35. The highest BCUT2D eigenvalue weighted by Crippen LogP contribution is 2.42. The molecule has 4 heterocycles. The fourth-order valence-corrected chi connectivity index (χ4v) is 5.15. The summed E-state index contributed by atoms with van der Waals surface area (Å²) in [6.45, 7) is 0. The second-order valence-corrected chi connectivity index (χ2v) is 9.53. The van der Waals surface area contributed by atoms with Crippen LogP contribution in [0.15, 0.2) is 91.4 Å². The average molecular weight is 488 g/mol. The SMILES string of the molecule is NC1(c2ccc(-c3nc4ccn5c(-c6ncccn6)nnc5c4cc3-c3ccccc3)cc2)CC(F)C1. The molecule has 4 aromatic heterocycles. The Bertz CT molecular complexity index is 1740. The van der Waals surface area contributed by atoms with E-state index in [1.165, 1.54) is 0 Å². The van der Waals surface area contributed by atoms with E-state index in [1.807, 2.05) is 59.1 Å². The van der Waals surface area contributed by atoms with Crippen LogP contribution in [0, 0.1) is 0 Å². The number of nitrogens with zero attached hydrogens (tertiary/aromatic N) is 6. The van der Waals surface area contributed by atoms with Crippen molar-refractivity contribution in [2.45, 2.75) is 24.6 Å². The molecule has 0 aliphatic heterocycles. The third-order valence-corrected chi connectivity index (χ3v) is 7.13. The molecule has 0 saturated heterocycles. The Kier molecular flexibility index (Phi) is 4.84. The summed E-state index contributed by atoms with van der Waals surface area (Å²) >= 11 is 0. The van der Waals surface area contributed by atoms with Crippen molar-refractivity contribution >= 4 is 16.6 Å². The van der Waals surface area contributed by atoms with Crippen LogP contribution in [-0.4, -0.2) is 35.7 Å². The topological polar surface area (TPSA) is 94.9 Å². The number of benzene rings is 2. The van der Waals surface area contributed by atoms with Gasteiger partial charge in [-0.2, -0.15) is 0 Å². The number of pyridine rings is 2. The smallest absolute Gasteiger partial charge is 0.206 e. The number of fused-ring (bicyclic) bond motifs is 3. The number of nitrogens with two attached hydrogens (primary N) is 1. The zero-order valence-electron chi connectivity index (χ0n) is 19.8. The maximum absolute atomic E-state index is 13.5. The van der Waals surface area contributed by atoms with Gasteiger partial charge in [-0.3, -0.25) is 4.40 Å². The Morgan fingerprint density at radius 2 is 1.62 bits per heavy atom. The van der Waals surface area contributed by atoms with Crippen molar-refractivity contribution in [3.8, 4) is 34.0 Å². The Balaban J connectivity index is 1.40. The number of rotatable bonds is 4. The number of halogens is 1. The minimum Gasteiger partial charge on any atom is -0.321 e. The molecule has 6 aromatic rings. The highest BCUT2D eigenvalue weighted by molar-refractivity contribution is 5.98. The first-order valence-electron chi connectivity index (χ1n) is 12.1. The van der Waals surface area contributed by atoms with E-state index in [2.05, 4.69) is 38.4 Å². The fourth-order valence-electron chi connectivity index (χ4n) is 5.15. The standard InChI is InChI=1S/C29H22FN7/c30-21-16-29(31,17-21)20-9-7-19(8-10-20)25-22(18-5-2-1-3-6-18)15-23-24(34-25)11-14-37-27(23)35-36-28(37)26-32-12-4-13-33-26/h1-15,21H,16-17,31H2. The lowest BCUT2D eigenvalue weighted by molar-refractivity contribution is 0.0985. The van der Waals surface area contributed by atoms with E-state index < -0.39 is 11.7 Å². The third kappa shape index (κ3) is 3.56. The van der Waals surface area contributed by atoms with Gasteiger partial charge in [-0.15, -0.1) is 10.2 Å². The van der Waals surface area contributed by atoms with Crippen LogP contribution in [-0.2, 0) is 5.54 Å². The van der Waals surface area contributed by atoms with Crippen molar-refractivity contribution in [2.75, 3.05) is 0 Å². The van der Waals surface area contributed by atoms with Gasteiger partial charge < -0.3 is 5.73 Å². The minimum absolute atomic E-state index is 0.361. The van der Waals surface area contributed by atoms with Crippen molar-refractivity contribution in [2.24, 2.45) is 5.73 Å². The summed E-state index contributed by atoms with van der Waals surface area (Å²) in [7, 11) is 0. The van der Waals surface area contributed by atoms with Gasteiger partial charge >= 0.3 is 0 Å². The highest BCUT2D eigenvalue weighted by atomic mass is 19.1. The molecule has 7 rings (SSSR count). The van der Waals surface area contributed by atoms with Crippen molar-refractivity contribution in [1.29, 1.82) is 0 Å². The number of hydrogen-bond acceptors (Lipinski definition) is 6. The highest BCUT2D eigenvalue weighted by Gasteiger charge is 2.42. The molecule has 1 saturated carbocycles. The van der Waals surface area contributed by atoms with Crippen LogP contribution in [0.2, 0.25) is 0 Å². The Labute approximate surface area is 211 Å². The van der Waals surface area contributed by atoms with E-state index in [1.54, 1.807) is 18.5 Å². The van der Waals surface area contributed by atoms with Gasteiger partial charge in [-0.1, -0.05) is 54.6 Å². The molecular weight excluding hydrogens is 465 g/mol. The Morgan fingerprint density at radius 3 is 2.35 bits per heavy atom. The molecule has 2 aromatic carbocycles. The molecule has 180 valence electrons. The summed E-state index contributed by atoms with van der Waals surface area (Å²) in [5.74, 6) is 1.08. The van der Waals surface area contributed by atoms with Gasteiger partial charge in [-0.25, -0.2) is 19.3 Å². The molecule has 1 aliphatic carbocycles. The van der Waals surface area contributed by atoms with E-state index in [-0.39, 0.29) is 0 Å². The maximum atomic E-state index is 13.5. The van der Waals surface area contributed by atoms with Gasteiger partial charge in [0, 0.05) is 53.5 Å². The molecule has 1 aliphatic rings. The van der Waals surface area contributed by atoms with E-state index in [9.17, 15) is 4.39 Å². The molecular formula is C29H22FN7. The summed E-state index contributed by atoms with van der Waals surface area (Å²) in [5.41, 5.74) is 12.1. The van der Waals surface area contributed by atoms with E-state index in [0.717, 1.165) is 38.9 Å². The van der Waals surface area contributed by atoms with Crippen molar-refractivity contribution in [3.05, 3.63) is 97.0 Å². The first-order valence-corrected chi connectivity index (χ1v) is 12.1. The average Bonchev–Trinajstić information content (AvgIpc) is 3.37. The maximum Gasteiger partial charge on any atom is 0.206 e. The number of alkyl halides is 1. The van der Waals surface area contributed by atoms with E-state index in [4.69, 9.17) is 10.7 Å². The van der Waals surface area contributed by atoms with Crippen LogP contribution in [0.4, 0.5) is 4.39 Å². The summed E-state index contributed by atoms with van der Waals surface area (Å²) in [5, 5.41) is 9.72. The molecule has 0 radical (unpaired) electrons. The Hall–Kier alpha value is -4.56. The van der Waals surface area contributed by atoms with Crippen LogP contribution in [0.25, 0.3) is 50.6 Å². The van der Waals surface area contributed by atoms with Gasteiger partial charge in [0.25, 0.3) is 0 Å². The molecule has 2 N–H and O–H groups in total. The first kappa shape index (κ1) is 21.7. The monoisotopic (exact) mass is 487 g/mol. The zero-order valence-corrected chi connectivity index (χ0v) is 19.8. The molecule has 0 bridgehead atoms. The Morgan fingerprint density at radius 1 is 0.865 bits per heavy atom. The predicted molar refractivity (Wildman–Crippen MR) is 140 cm³/mol. The lowest BCUT2D eigenvalue weighted by Gasteiger charge is -2.41. The molecule has 0 amide bonds. The second-order valence-electron chi connectivity index (χ2n) is 9.53. The van der Waals surface area contributed by atoms with Crippen molar-refractivity contribution < 1.29 is 4.39 Å². The molecule has 1 fully saturated rings. The van der Waals surface area contributed by atoms with Crippen LogP contribution in [0.3, 0.4) is 0 Å². The van der Waals surface area contributed by atoms with Crippen LogP contribution >= 0.6 is 0 Å². The van der Waals surface area contributed by atoms with Gasteiger partial charge in [-0.05, 0) is 29.3 Å². The third-order valence-electron chi connectivity index (χ3n) is 7.13. The zero-order chi connectivity index (χ0) is 25.0. The molecule has 0 unspecified atom stereocenters. The van der Waals surface area contributed by atoms with Crippen molar-refractivity contribution in [1.82, 2.24) is 29.5 Å². The van der Waals surface area contributed by atoms with Gasteiger partial charge in [0.15, 0.2) is 11.5 Å². The molecule has 0 atom stereocenters. The second kappa shape index (κ2) is 8.25. The molecule has 37 heavy (non-hydrogen) atoms. The lowest BCUT2D eigenvalue weighted by atomic mass is 9.71. The first-order chi connectivity index (χ1) is 18.1. The summed E-state index contributed by atoms with van der Waals surface area (Å²) in [6, 6.07) is 24.0. The largest absolute Gasteiger partial charge is 0.321 e. The van der Waals surface area contributed by atoms with Gasteiger partial charge in [0.1, 0.15) is 6.17 Å². The van der Waals surface area contributed by atoms with Crippen LogP contribution in [0.1, 0.15) is 18.4 Å². The lowest BCUT2D eigenvalue weighted by Crippen LogP contribution is -2.50. The van der Waals surface area contributed by atoms with Crippen LogP contribution in [0.5, 0.6) is 0 Å². The minimum atomic E-state index is -0.820. The number of aromatic nitrogens is 6. The molecule has 0 spiro atoms. The summed E-state index contributed by atoms with van der Waals surface area (Å²) in [4.78, 5) is 13.7. The summed E-state index contributed by atoms with van der Waals surface area (Å²) < 4.78 is 15.4. The molecule has 8 heteroatoms. The normalized spacial score (nSPS) is 19.2. The molecule has 7 nitrogen and oxygen atoms in total. The van der Waals surface area contributed by atoms with Gasteiger partial charge in [0.05, 0.1) is 11.2 Å². The van der Waals surface area contributed by atoms with Gasteiger partial charge in [0.2, 0.25) is 5.82 Å². The fraction of sp³-hybridized carbons (Fsp3) is 0.138. The van der Waals surface area contributed by atoms with E-state index >= 15 is 0 Å². The summed E-state index contributed by atoms with van der Waals surface area (Å²) in [6.07, 6.45) is 5.17. The quantitative estimate of drug-likeness (QED) is 0.360. The van der Waals surface area contributed by atoms with Crippen LogP contribution < -0.4 is 5.73 Å². The number of hydrogen-bond donors (Lipinski definition) is 1. The van der Waals surface area contributed by atoms with E-state index in [0.29, 0.717) is 30.1 Å². The van der Waals surface area contributed by atoms with Crippen molar-refractivity contribution in [3.63, 3.8) is 0 Å².